The summed E-state index contributed by atoms with van der Waals surface area (Å²) in [6.45, 7) is 9.26. The standard InChI is InChI=1S/C28H41N9O6S/c1-14-8-35(9-17-4-5-29-11-28(14,17)12-38)25(40)19-6-18(7-30-19)44-24-15(2)22-21(26(41)37(22)23(24)27(42)43)16(3)32-20(39)10-36-13-31-33-34-36/h13-19,21-22,29-30,38H,4-12H2,1-3H3,(H,32,39)(H,42,43)/t14-,15-,16-,17?,18+,19+,21-,22-,28?/m1/s1. The molecule has 0 aromatic carbocycles. The van der Waals surface area contributed by atoms with E-state index in [2.05, 4.69) is 38.4 Å². The summed E-state index contributed by atoms with van der Waals surface area (Å²) in [6.07, 6.45) is 2.81. The highest BCUT2D eigenvalue weighted by Gasteiger charge is 2.60. The summed E-state index contributed by atoms with van der Waals surface area (Å²) < 4.78 is 1.28. The van der Waals surface area contributed by atoms with Crippen LogP contribution in [0.5, 0.6) is 0 Å². The van der Waals surface area contributed by atoms with Crippen LogP contribution in [-0.2, 0) is 25.7 Å². The number of nitrogens with one attached hydrogen (secondary N) is 3. The number of thioether (sulfide) groups is 1. The van der Waals surface area contributed by atoms with E-state index in [9.17, 15) is 29.4 Å². The van der Waals surface area contributed by atoms with E-state index in [0.717, 1.165) is 19.5 Å². The van der Waals surface area contributed by atoms with Crippen molar-refractivity contribution < 1.29 is 29.4 Å². The summed E-state index contributed by atoms with van der Waals surface area (Å²) in [7, 11) is 0. The second-order valence-electron chi connectivity index (χ2n) is 13.0. The molecule has 1 aromatic heterocycles. The monoisotopic (exact) mass is 631 g/mol. The van der Waals surface area contributed by atoms with Crippen LogP contribution >= 0.6 is 11.8 Å². The molecule has 5 aliphatic heterocycles. The summed E-state index contributed by atoms with van der Waals surface area (Å²) in [5, 5.41) is 40.7. The van der Waals surface area contributed by atoms with Crippen LogP contribution in [0.15, 0.2) is 16.9 Å². The largest absolute Gasteiger partial charge is 0.477 e. The topological polar surface area (TPSA) is 195 Å². The van der Waals surface area contributed by atoms with Crippen LogP contribution < -0.4 is 16.0 Å². The van der Waals surface area contributed by atoms with Crippen molar-refractivity contribution in [1.29, 1.82) is 0 Å². The Morgan fingerprint density at radius 2 is 2.07 bits per heavy atom. The number of likely N-dealkylation sites (tertiary alicyclic amines) is 1. The highest BCUT2D eigenvalue weighted by molar-refractivity contribution is 8.03. The average Bonchev–Trinajstić information content (AvgIpc) is 3.73. The molecule has 6 heterocycles. The minimum atomic E-state index is -1.15. The van der Waals surface area contributed by atoms with Gasteiger partial charge in [0.2, 0.25) is 17.7 Å². The number of carboxylic acids is 1. The summed E-state index contributed by atoms with van der Waals surface area (Å²) in [4.78, 5) is 55.8. The smallest absolute Gasteiger partial charge is 0.353 e. The normalized spacial score (nSPS) is 35.6. The molecule has 0 spiro atoms. The van der Waals surface area contributed by atoms with Crippen LogP contribution in [0.3, 0.4) is 0 Å². The highest BCUT2D eigenvalue weighted by Crippen LogP contribution is 2.52. The van der Waals surface area contributed by atoms with E-state index >= 15 is 0 Å². The number of aliphatic carboxylic acids is 1. The molecule has 0 bridgehead atoms. The Morgan fingerprint density at radius 1 is 1.27 bits per heavy atom. The molecule has 1 aromatic rings. The molecule has 5 N–H and O–H groups in total. The molecular formula is C28H41N9O6S. The number of hydrogen-bond acceptors (Lipinski definition) is 11. The number of rotatable bonds is 9. The fraction of sp³-hybridized carbons (Fsp3) is 0.750. The number of carboxylic acid groups (broad SMARTS) is 1. The number of aliphatic hydroxyl groups excluding tert-OH is 1. The van der Waals surface area contributed by atoms with Gasteiger partial charge in [-0.2, -0.15) is 0 Å². The number of fused-ring (bicyclic) bond motifs is 2. The number of piperidine rings is 2. The van der Waals surface area contributed by atoms with E-state index in [1.54, 1.807) is 6.92 Å². The molecule has 6 rings (SSSR count). The first-order valence-electron chi connectivity index (χ1n) is 15.4. The molecule has 16 heteroatoms. The fourth-order valence-electron chi connectivity index (χ4n) is 8.12. The Morgan fingerprint density at radius 3 is 2.77 bits per heavy atom. The number of aromatic nitrogens is 4. The molecule has 5 aliphatic rings. The minimum absolute atomic E-state index is 0.00634. The quantitative estimate of drug-likeness (QED) is 0.198. The van der Waals surface area contributed by atoms with E-state index in [4.69, 9.17) is 0 Å². The second kappa shape index (κ2) is 12.0. The molecule has 0 aliphatic carbocycles. The van der Waals surface area contributed by atoms with Crippen LogP contribution in [0.4, 0.5) is 0 Å². The first-order chi connectivity index (χ1) is 21.1. The number of β-lactam (4-membered cyclic amide) rings is 1. The predicted molar refractivity (Wildman–Crippen MR) is 157 cm³/mol. The summed E-state index contributed by atoms with van der Waals surface area (Å²) >= 11 is 1.45. The van der Waals surface area contributed by atoms with E-state index in [1.165, 1.54) is 27.7 Å². The number of amides is 3. The second-order valence-corrected chi connectivity index (χ2v) is 14.4. The number of tetrazole rings is 1. The van der Waals surface area contributed by atoms with Gasteiger partial charge in [-0.3, -0.25) is 14.4 Å². The van der Waals surface area contributed by atoms with Gasteiger partial charge in [0.15, 0.2) is 0 Å². The number of hydrogen-bond donors (Lipinski definition) is 5. The molecular weight excluding hydrogens is 590 g/mol. The lowest BCUT2D eigenvalue weighted by Gasteiger charge is -2.54. The van der Waals surface area contributed by atoms with Gasteiger partial charge in [-0.05, 0) is 48.6 Å². The van der Waals surface area contributed by atoms with Crippen molar-refractivity contribution in [3.05, 3.63) is 16.9 Å². The van der Waals surface area contributed by atoms with Gasteiger partial charge in [-0.25, -0.2) is 9.48 Å². The van der Waals surface area contributed by atoms with E-state index in [1.807, 2.05) is 11.8 Å². The van der Waals surface area contributed by atoms with Gasteiger partial charge in [-0.15, -0.1) is 16.9 Å². The first kappa shape index (κ1) is 30.9. The van der Waals surface area contributed by atoms with Gasteiger partial charge < -0.3 is 36.0 Å². The average molecular weight is 632 g/mol. The van der Waals surface area contributed by atoms with Gasteiger partial charge in [0.25, 0.3) is 0 Å². The molecule has 0 radical (unpaired) electrons. The van der Waals surface area contributed by atoms with Crippen molar-refractivity contribution in [1.82, 2.24) is 46.0 Å². The predicted octanol–water partition coefficient (Wildman–Crippen LogP) is -1.52. The molecule has 240 valence electrons. The molecule has 0 saturated carbocycles. The molecule has 4 fully saturated rings. The molecule has 2 unspecified atom stereocenters. The zero-order valence-electron chi connectivity index (χ0n) is 25.2. The Balaban J connectivity index is 1.09. The SMILES string of the molecule is C[C@@H]1CN(C(=O)[C@@H]2C[C@H](SC3=C(C(=O)O)N4C(=O)[C@H]([C@@H](C)NC(=O)Cn5cnnn5)[C@H]4[C@H]3C)CN2)CC2CCNCC21CO. The van der Waals surface area contributed by atoms with Crippen molar-refractivity contribution in [3.63, 3.8) is 0 Å². The minimum Gasteiger partial charge on any atom is -0.477 e. The lowest BCUT2D eigenvalue weighted by Crippen LogP contribution is -2.66. The van der Waals surface area contributed by atoms with Gasteiger partial charge >= 0.3 is 5.97 Å². The maximum atomic E-state index is 13.7. The van der Waals surface area contributed by atoms with Gasteiger partial charge in [0.1, 0.15) is 18.6 Å². The van der Waals surface area contributed by atoms with Gasteiger partial charge in [-0.1, -0.05) is 13.8 Å². The molecule has 15 nitrogen and oxygen atoms in total. The van der Waals surface area contributed by atoms with E-state index in [0.29, 0.717) is 31.0 Å². The fourth-order valence-corrected chi connectivity index (χ4v) is 9.60. The first-order valence-corrected chi connectivity index (χ1v) is 16.2. The third kappa shape index (κ3) is 5.18. The summed E-state index contributed by atoms with van der Waals surface area (Å²) in [5.41, 5.74) is -0.194. The third-order valence-corrected chi connectivity index (χ3v) is 12.1. The molecule has 9 atom stereocenters. The van der Waals surface area contributed by atoms with Crippen molar-refractivity contribution in [3.8, 4) is 0 Å². The zero-order chi connectivity index (χ0) is 31.3. The van der Waals surface area contributed by atoms with Crippen LogP contribution in [0.25, 0.3) is 0 Å². The Kier molecular flexibility index (Phi) is 8.45. The number of nitrogens with zero attached hydrogens (tertiary/aromatic N) is 6. The van der Waals surface area contributed by atoms with Crippen molar-refractivity contribution >= 4 is 35.5 Å². The van der Waals surface area contributed by atoms with Crippen LogP contribution in [0.1, 0.15) is 33.6 Å². The van der Waals surface area contributed by atoms with Crippen LogP contribution in [0.2, 0.25) is 0 Å². The Labute approximate surface area is 259 Å². The lowest BCUT2D eigenvalue weighted by molar-refractivity contribution is -0.158. The maximum absolute atomic E-state index is 13.7. The Hall–Kier alpha value is -3.08. The van der Waals surface area contributed by atoms with E-state index < -0.39 is 17.9 Å². The molecule has 4 saturated heterocycles. The van der Waals surface area contributed by atoms with Gasteiger partial charge in [0.05, 0.1) is 24.6 Å². The lowest BCUT2D eigenvalue weighted by atomic mass is 9.62. The zero-order valence-corrected chi connectivity index (χ0v) is 26.0. The Bertz CT molecular complexity index is 1340. The van der Waals surface area contributed by atoms with Crippen molar-refractivity contribution in [2.24, 2.45) is 29.1 Å². The van der Waals surface area contributed by atoms with Crippen molar-refractivity contribution in [2.75, 3.05) is 39.3 Å². The maximum Gasteiger partial charge on any atom is 0.353 e. The summed E-state index contributed by atoms with van der Waals surface area (Å²) in [5.74, 6) is -2.15. The number of carbonyl (C=O) groups excluding carboxylic acids is 3. The van der Waals surface area contributed by atoms with Crippen LogP contribution in [-0.4, -0.2) is 127 Å². The third-order valence-electron chi connectivity index (χ3n) is 10.6. The van der Waals surface area contributed by atoms with Gasteiger partial charge in [0, 0.05) is 53.7 Å². The highest BCUT2D eigenvalue weighted by atomic mass is 32.2. The summed E-state index contributed by atoms with van der Waals surface area (Å²) in [6, 6.07) is -1.26. The molecule has 3 amide bonds. The molecule has 44 heavy (non-hydrogen) atoms. The number of carbonyl (C=O) groups is 4. The van der Waals surface area contributed by atoms with Crippen molar-refractivity contribution in [2.45, 2.75) is 63.5 Å². The van der Waals surface area contributed by atoms with Crippen LogP contribution in [0, 0.1) is 29.1 Å². The van der Waals surface area contributed by atoms with E-state index in [-0.39, 0.29) is 77.1 Å². The number of aliphatic hydroxyl groups is 1.